The van der Waals surface area contributed by atoms with Crippen molar-refractivity contribution in [3.63, 3.8) is 0 Å². The second-order valence-corrected chi connectivity index (χ2v) is 5.32. The highest BCUT2D eigenvalue weighted by atomic mass is 16.5. The van der Waals surface area contributed by atoms with E-state index in [-0.39, 0.29) is 17.2 Å². The molecule has 0 saturated carbocycles. The number of pyridine rings is 1. The number of aromatic nitrogens is 1. The van der Waals surface area contributed by atoms with E-state index in [0.717, 1.165) is 16.2 Å². The number of H-pyrrole nitrogens is 1. The maximum absolute atomic E-state index is 10.9. The van der Waals surface area contributed by atoms with Gasteiger partial charge in [-0.3, -0.25) is 10.0 Å². The fourth-order valence-corrected chi connectivity index (χ4v) is 2.45. The van der Waals surface area contributed by atoms with Crippen molar-refractivity contribution in [1.82, 2.24) is 10.0 Å². The van der Waals surface area contributed by atoms with Crippen LogP contribution in [0.4, 0.5) is 0 Å². The molecule has 0 unspecified atom stereocenters. The fourth-order valence-electron chi connectivity index (χ4n) is 2.45. The van der Waals surface area contributed by atoms with Gasteiger partial charge in [0, 0.05) is 17.5 Å². The van der Waals surface area contributed by atoms with Crippen LogP contribution in [0, 0.1) is 0 Å². The molecule has 2 aromatic carbocycles. The van der Waals surface area contributed by atoms with Gasteiger partial charge in [0.05, 0.1) is 12.1 Å². The van der Waals surface area contributed by atoms with E-state index in [1.807, 2.05) is 24.3 Å². The molecule has 24 heavy (non-hydrogen) atoms. The van der Waals surface area contributed by atoms with Crippen molar-refractivity contribution in [2.24, 2.45) is 0 Å². The molecule has 0 aliphatic carbocycles. The molecule has 0 fully saturated rings. The van der Waals surface area contributed by atoms with Gasteiger partial charge in [-0.05, 0) is 29.3 Å². The number of phenols is 1. The van der Waals surface area contributed by atoms with E-state index in [9.17, 15) is 9.90 Å². The molecule has 4 rings (SSSR count). The van der Waals surface area contributed by atoms with Gasteiger partial charge in [-0.15, -0.1) is 0 Å². The molecular formula is C18H16N2O4. The Labute approximate surface area is 137 Å². The second-order valence-electron chi connectivity index (χ2n) is 5.32. The molecule has 2 heterocycles. The van der Waals surface area contributed by atoms with Gasteiger partial charge in [-0.1, -0.05) is 30.3 Å². The molecule has 6 nitrogen and oxygen atoms in total. The number of aromatic amines is 1. The summed E-state index contributed by atoms with van der Waals surface area (Å²) in [7, 11) is 0. The number of benzene rings is 2. The normalized spacial score (nSPS) is 12.9. The highest BCUT2D eigenvalue weighted by Crippen LogP contribution is 2.21. The summed E-state index contributed by atoms with van der Waals surface area (Å²) in [4.78, 5) is 13.5. The fraction of sp³-hybridized carbons (Fsp3) is 0.0556. The number of fused-ring (bicyclic) bond motifs is 2. The minimum atomic E-state index is -0.159. The predicted molar refractivity (Wildman–Crippen MR) is 90.6 cm³/mol. The van der Waals surface area contributed by atoms with Gasteiger partial charge in [-0.25, -0.2) is 5.06 Å². The average Bonchev–Trinajstić information content (AvgIpc) is 2.56. The molecule has 0 bridgehead atoms. The molecule has 122 valence electrons. The molecule has 3 aromatic rings. The molecule has 6 heteroatoms. The topological polar surface area (TPSA) is 96.8 Å². The Morgan fingerprint density at radius 3 is 2.58 bits per heavy atom. The summed E-state index contributed by atoms with van der Waals surface area (Å²) in [5.74, 6) is 0.0810. The van der Waals surface area contributed by atoms with Crippen molar-refractivity contribution < 1.29 is 15.4 Å². The lowest BCUT2D eigenvalue weighted by Gasteiger charge is -2.21. The molecular weight excluding hydrogens is 308 g/mol. The van der Waals surface area contributed by atoms with E-state index in [1.165, 1.54) is 6.07 Å². The summed E-state index contributed by atoms with van der Waals surface area (Å²) in [6.07, 6.45) is 1.54. The molecule has 4 N–H and O–H groups in total. The quantitative estimate of drug-likeness (QED) is 0.510. The Morgan fingerprint density at radius 1 is 0.958 bits per heavy atom. The number of hydrogen-bond acceptors (Lipinski definition) is 5. The second kappa shape index (κ2) is 6.47. The largest absolute Gasteiger partial charge is 0.507 e. The lowest BCUT2D eigenvalue weighted by Crippen LogP contribution is -2.21. The third-order valence-corrected chi connectivity index (χ3v) is 3.67. The van der Waals surface area contributed by atoms with E-state index in [4.69, 9.17) is 10.3 Å². The molecule has 1 aromatic heterocycles. The van der Waals surface area contributed by atoms with Crippen LogP contribution in [-0.2, 0) is 6.54 Å². The van der Waals surface area contributed by atoms with Gasteiger partial charge < -0.3 is 15.2 Å². The number of hydrogen-bond donors (Lipinski definition) is 4. The zero-order valence-electron chi connectivity index (χ0n) is 12.7. The number of phenolic OH excluding ortho intramolecular Hbond substituents is 1. The van der Waals surface area contributed by atoms with Crippen LogP contribution in [-0.4, -0.2) is 25.5 Å². The number of nitrogens with one attached hydrogen (secondary N) is 1. The highest BCUT2D eigenvalue weighted by molar-refractivity contribution is 5.84. The van der Waals surface area contributed by atoms with Crippen molar-refractivity contribution in [3.8, 4) is 5.75 Å². The number of aliphatic hydroxyl groups is 1. The Hall–Kier alpha value is -3.25. The van der Waals surface area contributed by atoms with Crippen LogP contribution in [0.2, 0.25) is 0 Å². The summed E-state index contributed by atoms with van der Waals surface area (Å²) in [5.41, 5.74) is 2.47. The molecule has 1 aliphatic heterocycles. The Balaban J connectivity index is 0.000000141. The lowest BCUT2D eigenvalue weighted by molar-refractivity contribution is -0.100. The van der Waals surface area contributed by atoms with Crippen LogP contribution in [0.15, 0.2) is 65.3 Å². The summed E-state index contributed by atoms with van der Waals surface area (Å²) < 4.78 is 0. The first-order valence-corrected chi connectivity index (χ1v) is 7.30. The van der Waals surface area contributed by atoms with E-state index in [1.54, 1.807) is 30.3 Å². The van der Waals surface area contributed by atoms with E-state index in [2.05, 4.69) is 4.98 Å². The SMILES string of the molecule is O=c1ccc2c(O)cccc2[nH]1.OC1=Cc2ccccc2CN1O. The molecule has 0 spiro atoms. The van der Waals surface area contributed by atoms with Gasteiger partial charge in [-0.2, -0.15) is 0 Å². The average molecular weight is 324 g/mol. The summed E-state index contributed by atoms with van der Waals surface area (Å²) in [6.45, 7) is 0.346. The summed E-state index contributed by atoms with van der Waals surface area (Å²) in [6, 6.07) is 15.6. The van der Waals surface area contributed by atoms with E-state index in [0.29, 0.717) is 17.4 Å². The number of nitrogens with zero attached hydrogens (tertiary/aromatic N) is 1. The molecule has 0 radical (unpaired) electrons. The first-order chi connectivity index (χ1) is 11.5. The smallest absolute Gasteiger partial charge is 0.248 e. The van der Waals surface area contributed by atoms with Crippen LogP contribution in [0.3, 0.4) is 0 Å². The number of aliphatic hydroxyl groups excluding tert-OH is 1. The highest BCUT2D eigenvalue weighted by Gasteiger charge is 2.13. The lowest BCUT2D eigenvalue weighted by atomic mass is 10.1. The van der Waals surface area contributed by atoms with E-state index >= 15 is 0 Å². The minimum absolute atomic E-state index is 0.103. The molecule has 0 amide bonds. The van der Waals surface area contributed by atoms with Crippen LogP contribution in [0.5, 0.6) is 5.75 Å². The maximum atomic E-state index is 10.9. The van der Waals surface area contributed by atoms with Gasteiger partial charge in [0.15, 0.2) is 0 Å². The minimum Gasteiger partial charge on any atom is -0.507 e. The summed E-state index contributed by atoms with van der Waals surface area (Å²) >= 11 is 0. The van der Waals surface area contributed by atoms with Crippen LogP contribution in [0.25, 0.3) is 17.0 Å². The van der Waals surface area contributed by atoms with Crippen molar-refractivity contribution in [2.75, 3.05) is 0 Å². The zero-order chi connectivity index (χ0) is 17.1. The predicted octanol–water partition coefficient (Wildman–Crippen LogP) is 2.98. The van der Waals surface area contributed by atoms with Gasteiger partial charge in [0.25, 0.3) is 0 Å². The molecule has 1 aliphatic rings. The number of rotatable bonds is 0. The Kier molecular flexibility index (Phi) is 4.22. The molecule has 0 saturated heterocycles. The first-order valence-electron chi connectivity index (χ1n) is 7.30. The Bertz CT molecular complexity index is 962. The van der Waals surface area contributed by atoms with Crippen molar-refractivity contribution >= 4 is 17.0 Å². The third-order valence-electron chi connectivity index (χ3n) is 3.67. The van der Waals surface area contributed by atoms with Crippen LogP contribution < -0.4 is 5.56 Å². The van der Waals surface area contributed by atoms with Crippen molar-refractivity contribution in [3.05, 3.63) is 82.0 Å². The van der Waals surface area contributed by atoms with Crippen LogP contribution >= 0.6 is 0 Å². The number of aromatic hydroxyl groups is 1. The van der Waals surface area contributed by atoms with Crippen LogP contribution in [0.1, 0.15) is 11.1 Å². The number of hydroxylamine groups is 2. The zero-order valence-corrected chi connectivity index (χ0v) is 12.7. The Morgan fingerprint density at radius 2 is 1.75 bits per heavy atom. The van der Waals surface area contributed by atoms with Gasteiger partial charge in [0.1, 0.15) is 5.75 Å². The molecule has 0 atom stereocenters. The monoisotopic (exact) mass is 324 g/mol. The van der Waals surface area contributed by atoms with Gasteiger partial charge in [0.2, 0.25) is 11.4 Å². The van der Waals surface area contributed by atoms with Crippen molar-refractivity contribution in [1.29, 1.82) is 0 Å². The summed E-state index contributed by atoms with van der Waals surface area (Å²) in [5, 5.41) is 29.1. The maximum Gasteiger partial charge on any atom is 0.248 e. The third kappa shape index (κ3) is 3.23. The van der Waals surface area contributed by atoms with Crippen molar-refractivity contribution in [2.45, 2.75) is 6.54 Å². The first kappa shape index (κ1) is 15.6. The van der Waals surface area contributed by atoms with E-state index < -0.39 is 0 Å². The van der Waals surface area contributed by atoms with Gasteiger partial charge >= 0.3 is 0 Å². The standard InChI is InChI=1S/C9H7NO2.C9H9NO2/c11-8-3-1-2-7-6(8)4-5-9(12)10-7;11-9-5-7-3-1-2-4-8(7)6-10(9)12/h1-5,11H,(H,10,12);1-5,11-12H,6H2.